The second kappa shape index (κ2) is 7.43. The summed E-state index contributed by atoms with van der Waals surface area (Å²) in [7, 11) is -3.62. The summed E-state index contributed by atoms with van der Waals surface area (Å²) in [5.41, 5.74) is 0.751. The van der Waals surface area contributed by atoms with Crippen molar-refractivity contribution in [3.05, 3.63) is 59.4 Å². The van der Waals surface area contributed by atoms with Gasteiger partial charge >= 0.3 is 5.97 Å². The summed E-state index contributed by atoms with van der Waals surface area (Å²) in [6.45, 7) is 1.05. The van der Waals surface area contributed by atoms with Gasteiger partial charge in [0.05, 0.1) is 10.5 Å². The molecular weight excluding hydrogens is 349 g/mol. The molecule has 0 bridgehead atoms. The first-order valence-corrected chi connectivity index (χ1v) is 9.10. The number of benzene rings is 2. The van der Waals surface area contributed by atoms with Crippen LogP contribution < -0.4 is 5.32 Å². The largest absolute Gasteiger partial charge is 0.452 e. The van der Waals surface area contributed by atoms with Crippen LogP contribution in [0.15, 0.2) is 47.4 Å². The summed E-state index contributed by atoms with van der Waals surface area (Å²) in [5, 5.41) is 2.43. The first kappa shape index (κ1) is 18.6. The number of ether oxygens (including phenoxy) is 1. The molecule has 0 aliphatic rings. The van der Waals surface area contributed by atoms with Crippen molar-refractivity contribution in [2.75, 3.05) is 18.2 Å². The van der Waals surface area contributed by atoms with E-state index < -0.39 is 34.1 Å². The van der Waals surface area contributed by atoms with E-state index in [1.54, 1.807) is 6.92 Å². The fourth-order valence-electron chi connectivity index (χ4n) is 2.08. The maximum Gasteiger partial charge on any atom is 0.339 e. The lowest BCUT2D eigenvalue weighted by Crippen LogP contribution is -2.22. The van der Waals surface area contributed by atoms with Gasteiger partial charge in [-0.05, 0) is 36.8 Å². The van der Waals surface area contributed by atoms with Crippen LogP contribution in [0.4, 0.5) is 10.1 Å². The Bertz CT molecular complexity index is 924. The van der Waals surface area contributed by atoms with E-state index in [2.05, 4.69) is 5.32 Å². The number of nitrogens with one attached hydrogen (secondary N) is 1. The molecule has 2 aromatic rings. The molecule has 132 valence electrons. The van der Waals surface area contributed by atoms with E-state index >= 15 is 0 Å². The molecule has 0 heterocycles. The summed E-state index contributed by atoms with van der Waals surface area (Å²) in [4.78, 5) is 23.7. The highest BCUT2D eigenvalue weighted by Gasteiger charge is 2.20. The lowest BCUT2D eigenvalue weighted by atomic mass is 10.2. The molecular formula is C17H16FNO5S. The third-order valence-electron chi connectivity index (χ3n) is 3.31. The lowest BCUT2D eigenvalue weighted by Gasteiger charge is -2.10. The van der Waals surface area contributed by atoms with E-state index in [0.717, 1.165) is 12.3 Å². The summed E-state index contributed by atoms with van der Waals surface area (Å²) in [6, 6.07) is 9.45. The van der Waals surface area contributed by atoms with Crippen LogP contribution in [0.2, 0.25) is 0 Å². The van der Waals surface area contributed by atoms with Gasteiger partial charge in [-0.3, -0.25) is 4.79 Å². The molecule has 0 unspecified atom stereocenters. The predicted molar refractivity (Wildman–Crippen MR) is 89.6 cm³/mol. The molecule has 25 heavy (non-hydrogen) atoms. The maximum atomic E-state index is 13.2. The standard InChI is InChI=1S/C17H16FNO5S/c1-11-7-8-12(18)9-14(11)19-16(20)10-24-17(21)13-5-3-4-6-15(13)25(2,22)23/h3-9H,10H2,1-2H3,(H,19,20). The van der Waals surface area contributed by atoms with E-state index in [1.807, 2.05) is 0 Å². The number of sulfone groups is 1. The van der Waals surface area contributed by atoms with Gasteiger partial charge in [0.2, 0.25) is 0 Å². The lowest BCUT2D eigenvalue weighted by molar-refractivity contribution is -0.119. The number of anilines is 1. The Morgan fingerprint density at radius 2 is 1.84 bits per heavy atom. The third-order valence-corrected chi connectivity index (χ3v) is 4.47. The number of halogens is 1. The molecule has 0 spiro atoms. The van der Waals surface area contributed by atoms with Crippen LogP contribution in [0.3, 0.4) is 0 Å². The van der Waals surface area contributed by atoms with Crippen molar-refractivity contribution in [1.82, 2.24) is 0 Å². The van der Waals surface area contributed by atoms with Gasteiger partial charge in [-0.25, -0.2) is 17.6 Å². The van der Waals surface area contributed by atoms with E-state index in [4.69, 9.17) is 4.74 Å². The molecule has 0 saturated heterocycles. The minimum Gasteiger partial charge on any atom is -0.452 e. The minimum absolute atomic E-state index is 0.153. The summed E-state index contributed by atoms with van der Waals surface area (Å²) < 4.78 is 41.4. The molecule has 1 amide bonds. The SMILES string of the molecule is Cc1ccc(F)cc1NC(=O)COC(=O)c1ccccc1S(C)(=O)=O. The highest BCUT2D eigenvalue weighted by Crippen LogP contribution is 2.17. The Morgan fingerprint density at radius 1 is 1.16 bits per heavy atom. The molecule has 6 nitrogen and oxygen atoms in total. The molecule has 1 N–H and O–H groups in total. The van der Waals surface area contributed by atoms with E-state index in [1.165, 1.54) is 36.4 Å². The van der Waals surface area contributed by atoms with E-state index in [0.29, 0.717) is 5.56 Å². The van der Waals surface area contributed by atoms with Crippen molar-refractivity contribution in [3.8, 4) is 0 Å². The van der Waals surface area contributed by atoms with Crippen molar-refractivity contribution in [3.63, 3.8) is 0 Å². The van der Waals surface area contributed by atoms with Gasteiger partial charge in [0, 0.05) is 11.9 Å². The van der Waals surface area contributed by atoms with Crippen LogP contribution in [0, 0.1) is 12.7 Å². The number of rotatable bonds is 5. The Kier molecular flexibility index (Phi) is 5.53. The molecule has 0 aliphatic carbocycles. The minimum atomic E-state index is -3.62. The molecule has 0 saturated carbocycles. The van der Waals surface area contributed by atoms with Gasteiger partial charge in [-0.15, -0.1) is 0 Å². The average Bonchev–Trinajstić information content (AvgIpc) is 2.55. The number of esters is 1. The van der Waals surface area contributed by atoms with Gasteiger partial charge in [-0.1, -0.05) is 18.2 Å². The monoisotopic (exact) mass is 365 g/mol. The molecule has 0 radical (unpaired) electrons. The smallest absolute Gasteiger partial charge is 0.339 e. The Morgan fingerprint density at radius 3 is 2.52 bits per heavy atom. The van der Waals surface area contributed by atoms with Gasteiger partial charge < -0.3 is 10.1 Å². The van der Waals surface area contributed by atoms with Crippen molar-refractivity contribution in [2.45, 2.75) is 11.8 Å². The molecule has 0 aliphatic heterocycles. The number of carbonyl (C=O) groups excluding carboxylic acids is 2. The zero-order valence-corrected chi connectivity index (χ0v) is 14.4. The maximum absolute atomic E-state index is 13.2. The summed E-state index contributed by atoms with van der Waals surface area (Å²) >= 11 is 0. The van der Waals surface area contributed by atoms with Crippen LogP contribution in [0.5, 0.6) is 0 Å². The zero-order chi connectivity index (χ0) is 18.6. The summed E-state index contributed by atoms with van der Waals surface area (Å²) in [6.07, 6.45) is 0.971. The molecule has 0 fully saturated rings. The van der Waals surface area contributed by atoms with Gasteiger partial charge in [0.15, 0.2) is 16.4 Å². The number of aryl methyl sites for hydroxylation is 1. The van der Waals surface area contributed by atoms with Gasteiger partial charge in [-0.2, -0.15) is 0 Å². The highest BCUT2D eigenvalue weighted by molar-refractivity contribution is 7.90. The van der Waals surface area contributed by atoms with Crippen LogP contribution in [-0.2, 0) is 19.4 Å². The molecule has 2 aromatic carbocycles. The fourth-order valence-corrected chi connectivity index (χ4v) is 2.96. The summed E-state index contributed by atoms with van der Waals surface area (Å²) in [5.74, 6) is -2.12. The third kappa shape index (κ3) is 4.87. The Labute approximate surface area is 144 Å². The van der Waals surface area contributed by atoms with E-state index in [9.17, 15) is 22.4 Å². The van der Waals surface area contributed by atoms with Crippen molar-refractivity contribution in [1.29, 1.82) is 0 Å². The number of carbonyl (C=O) groups is 2. The van der Waals surface area contributed by atoms with Crippen molar-refractivity contribution in [2.24, 2.45) is 0 Å². The molecule has 8 heteroatoms. The van der Waals surface area contributed by atoms with Gasteiger partial charge in [0.25, 0.3) is 5.91 Å². The Balaban J connectivity index is 2.06. The van der Waals surface area contributed by atoms with Crippen LogP contribution in [-0.4, -0.2) is 33.2 Å². The first-order valence-electron chi connectivity index (χ1n) is 7.20. The average molecular weight is 365 g/mol. The van der Waals surface area contributed by atoms with Crippen molar-refractivity contribution >= 4 is 27.4 Å². The fraction of sp³-hybridized carbons (Fsp3) is 0.176. The normalized spacial score (nSPS) is 11.0. The zero-order valence-electron chi connectivity index (χ0n) is 13.6. The van der Waals surface area contributed by atoms with E-state index in [-0.39, 0.29) is 16.1 Å². The number of amides is 1. The molecule has 0 atom stereocenters. The quantitative estimate of drug-likeness (QED) is 0.822. The topological polar surface area (TPSA) is 89.5 Å². The molecule has 2 rings (SSSR count). The number of hydrogen-bond donors (Lipinski definition) is 1. The van der Waals surface area contributed by atoms with Crippen LogP contribution >= 0.6 is 0 Å². The van der Waals surface area contributed by atoms with Crippen LogP contribution in [0.1, 0.15) is 15.9 Å². The first-order chi connectivity index (χ1) is 11.7. The molecule has 0 aromatic heterocycles. The van der Waals surface area contributed by atoms with Gasteiger partial charge in [0.1, 0.15) is 5.82 Å². The number of hydrogen-bond acceptors (Lipinski definition) is 5. The Hall–Kier alpha value is -2.74. The second-order valence-corrected chi connectivity index (χ2v) is 7.34. The predicted octanol–water partition coefficient (Wildman–Crippen LogP) is 2.33. The van der Waals surface area contributed by atoms with Crippen LogP contribution in [0.25, 0.3) is 0 Å². The highest BCUT2D eigenvalue weighted by atomic mass is 32.2. The second-order valence-electron chi connectivity index (χ2n) is 5.35. The van der Waals surface area contributed by atoms with Crippen molar-refractivity contribution < 1.29 is 27.1 Å².